The summed E-state index contributed by atoms with van der Waals surface area (Å²) in [6, 6.07) is 20.8. The van der Waals surface area contributed by atoms with Gasteiger partial charge in [0, 0.05) is 18.5 Å². The summed E-state index contributed by atoms with van der Waals surface area (Å²) < 4.78 is 13.1. The minimum Gasteiger partial charge on any atom is -0.489 e. The molecule has 2 aromatic heterocycles. The molecule has 0 atom stereocenters. The zero-order chi connectivity index (χ0) is 21.4. The molecule has 0 aliphatic rings. The fourth-order valence-corrected chi connectivity index (χ4v) is 3.92. The van der Waals surface area contributed by atoms with Crippen LogP contribution in [0.5, 0.6) is 5.75 Å². The molecule has 1 N–H and O–H groups in total. The summed E-state index contributed by atoms with van der Waals surface area (Å²) in [5.74, 6) is 1.08. The molecule has 2 heterocycles. The number of aromatic nitrogens is 2. The molecular formula is C24H18ClN3O3. The minimum absolute atomic E-state index is 0.426. The van der Waals surface area contributed by atoms with Gasteiger partial charge in [-0.3, -0.25) is 4.57 Å². The molecule has 0 bridgehead atoms. The van der Waals surface area contributed by atoms with Crippen molar-refractivity contribution in [1.29, 1.82) is 0 Å². The zero-order valence-electron chi connectivity index (χ0n) is 16.6. The van der Waals surface area contributed by atoms with Gasteiger partial charge in [-0.2, -0.15) is 4.98 Å². The summed E-state index contributed by atoms with van der Waals surface area (Å²) in [6.45, 7) is 0.426. The van der Waals surface area contributed by atoms with E-state index < -0.39 is 5.69 Å². The number of halogens is 1. The molecule has 0 aliphatic carbocycles. The third-order valence-corrected chi connectivity index (χ3v) is 5.42. The van der Waals surface area contributed by atoms with Gasteiger partial charge in [0.2, 0.25) is 0 Å². The summed E-state index contributed by atoms with van der Waals surface area (Å²) in [5.41, 5.74) is 2.42. The Morgan fingerprint density at radius 3 is 2.74 bits per heavy atom. The number of hydrogen-bond acceptors (Lipinski definition) is 5. The highest BCUT2D eigenvalue weighted by Gasteiger charge is 2.18. The number of nitrogens with one attached hydrogen (secondary N) is 1. The van der Waals surface area contributed by atoms with Crippen LogP contribution in [0.1, 0.15) is 5.56 Å². The van der Waals surface area contributed by atoms with E-state index >= 15 is 0 Å². The molecule has 154 valence electrons. The van der Waals surface area contributed by atoms with Crippen molar-refractivity contribution in [3.05, 3.63) is 94.1 Å². The van der Waals surface area contributed by atoms with E-state index in [1.165, 1.54) is 4.57 Å². The van der Waals surface area contributed by atoms with Crippen LogP contribution in [0.3, 0.4) is 0 Å². The second-order valence-corrected chi connectivity index (χ2v) is 7.42. The first-order chi connectivity index (χ1) is 15.2. The van der Waals surface area contributed by atoms with Gasteiger partial charge in [0.1, 0.15) is 23.8 Å². The van der Waals surface area contributed by atoms with Crippen molar-refractivity contribution in [1.82, 2.24) is 9.55 Å². The summed E-state index contributed by atoms with van der Waals surface area (Å²) in [4.78, 5) is 17.2. The molecular weight excluding hydrogens is 414 g/mol. The molecule has 7 heteroatoms. The summed E-state index contributed by atoms with van der Waals surface area (Å²) in [6.07, 6.45) is 1.57. The van der Waals surface area contributed by atoms with Crippen molar-refractivity contribution in [2.75, 3.05) is 12.4 Å². The molecule has 0 spiro atoms. The van der Waals surface area contributed by atoms with Gasteiger partial charge in [0.15, 0.2) is 0 Å². The number of benzene rings is 3. The van der Waals surface area contributed by atoms with E-state index in [2.05, 4.69) is 10.3 Å². The Kier molecular flexibility index (Phi) is 4.84. The lowest BCUT2D eigenvalue weighted by Crippen LogP contribution is -2.23. The maximum absolute atomic E-state index is 13.0. The van der Waals surface area contributed by atoms with Crippen molar-refractivity contribution in [3.63, 3.8) is 0 Å². The van der Waals surface area contributed by atoms with Gasteiger partial charge in [-0.05, 0) is 29.8 Å². The van der Waals surface area contributed by atoms with Crippen LogP contribution in [0, 0.1) is 0 Å². The molecule has 5 rings (SSSR count). The highest BCUT2D eigenvalue weighted by Crippen LogP contribution is 2.35. The van der Waals surface area contributed by atoms with Crippen molar-refractivity contribution in [2.45, 2.75) is 6.61 Å². The number of anilines is 1. The van der Waals surface area contributed by atoms with Crippen LogP contribution in [0.2, 0.25) is 5.02 Å². The van der Waals surface area contributed by atoms with Gasteiger partial charge < -0.3 is 14.5 Å². The van der Waals surface area contributed by atoms with Crippen molar-refractivity contribution < 1.29 is 9.15 Å². The molecule has 0 unspecified atom stereocenters. The number of rotatable bonds is 5. The number of fused-ring (bicyclic) bond motifs is 3. The van der Waals surface area contributed by atoms with Crippen LogP contribution in [0.15, 0.2) is 82.2 Å². The fourth-order valence-electron chi connectivity index (χ4n) is 3.67. The normalized spacial score (nSPS) is 11.2. The van der Waals surface area contributed by atoms with E-state index in [0.29, 0.717) is 45.4 Å². The third-order valence-electron chi connectivity index (χ3n) is 5.11. The van der Waals surface area contributed by atoms with Gasteiger partial charge in [0.25, 0.3) is 0 Å². The highest BCUT2D eigenvalue weighted by atomic mass is 35.5. The average molecular weight is 432 g/mol. The molecule has 31 heavy (non-hydrogen) atoms. The van der Waals surface area contributed by atoms with Gasteiger partial charge in [-0.15, -0.1) is 0 Å². The standard InChI is InChI=1S/C24H18ClN3O3/c1-26-23-21-20(13-19(25)18-10-11-30-22(18)21)28(24(29)27-23)16-8-5-9-17(12-16)31-14-15-6-3-2-4-7-15/h2-13H,14H2,1H3,(H,26,27,29). The smallest absolute Gasteiger partial charge is 0.354 e. The molecule has 0 fully saturated rings. The monoisotopic (exact) mass is 431 g/mol. The molecule has 0 radical (unpaired) electrons. The average Bonchev–Trinajstić information content (AvgIpc) is 3.29. The molecule has 3 aromatic carbocycles. The van der Waals surface area contributed by atoms with Gasteiger partial charge >= 0.3 is 5.69 Å². The molecule has 0 aliphatic heterocycles. The van der Waals surface area contributed by atoms with Crippen LogP contribution in [0.25, 0.3) is 27.6 Å². The van der Waals surface area contributed by atoms with E-state index in [1.807, 2.05) is 54.6 Å². The van der Waals surface area contributed by atoms with E-state index in [0.717, 1.165) is 10.9 Å². The maximum Gasteiger partial charge on any atom is 0.354 e. The summed E-state index contributed by atoms with van der Waals surface area (Å²) in [5, 5.41) is 4.93. The quantitative estimate of drug-likeness (QED) is 0.403. The summed E-state index contributed by atoms with van der Waals surface area (Å²) in [7, 11) is 1.72. The lowest BCUT2D eigenvalue weighted by molar-refractivity contribution is 0.306. The Morgan fingerprint density at radius 2 is 1.94 bits per heavy atom. The van der Waals surface area contributed by atoms with E-state index in [1.54, 1.807) is 25.4 Å². The Balaban J connectivity index is 1.66. The molecule has 0 saturated carbocycles. The predicted octanol–water partition coefficient (Wildman–Crippen LogP) is 5.41. The number of nitrogens with zero attached hydrogens (tertiary/aromatic N) is 2. The molecule has 0 saturated heterocycles. The van der Waals surface area contributed by atoms with Crippen LogP contribution in [0.4, 0.5) is 5.82 Å². The van der Waals surface area contributed by atoms with E-state index in [9.17, 15) is 4.79 Å². The first-order valence-electron chi connectivity index (χ1n) is 9.73. The lowest BCUT2D eigenvalue weighted by Gasteiger charge is -2.14. The lowest BCUT2D eigenvalue weighted by atomic mass is 10.1. The number of furan rings is 1. The Morgan fingerprint density at radius 1 is 1.10 bits per heavy atom. The Hall–Kier alpha value is -3.77. The van der Waals surface area contributed by atoms with Crippen molar-refractivity contribution in [2.24, 2.45) is 0 Å². The fraction of sp³-hybridized carbons (Fsp3) is 0.0833. The maximum atomic E-state index is 13.0. The first kappa shape index (κ1) is 19.2. The molecule has 5 aromatic rings. The van der Waals surface area contributed by atoms with Crippen molar-refractivity contribution >= 4 is 39.3 Å². The Bertz CT molecular complexity index is 1460. The SMILES string of the molecule is CNc1nc(=O)n(-c2cccc(OCc3ccccc3)c2)c2cc(Cl)c3ccoc3c12. The first-order valence-corrected chi connectivity index (χ1v) is 10.1. The van der Waals surface area contributed by atoms with E-state index in [4.69, 9.17) is 20.8 Å². The minimum atomic E-state index is -0.431. The summed E-state index contributed by atoms with van der Waals surface area (Å²) >= 11 is 6.49. The molecule has 0 amide bonds. The van der Waals surface area contributed by atoms with Crippen LogP contribution in [-0.2, 0) is 6.61 Å². The van der Waals surface area contributed by atoms with Gasteiger partial charge in [0.05, 0.1) is 27.9 Å². The van der Waals surface area contributed by atoms with Crippen LogP contribution >= 0.6 is 11.6 Å². The third kappa shape index (κ3) is 3.41. The van der Waals surface area contributed by atoms with Crippen LogP contribution in [-0.4, -0.2) is 16.6 Å². The largest absolute Gasteiger partial charge is 0.489 e. The van der Waals surface area contributed by atoms with Crippen LogP contribution < -0.4 is 15.7 Å². The highest BCUT2D eigenvalue weighted by molar-refractivity contribution is 6.37. The Labute approximate surface area is 182 Å². The second-order valence-electron chi connectivity index (χ2n) is 7.02. The topological polar surface area (TPSA) is 69.3 Å². The second kappa shape index (κ2) is 7.81. The predicted molar refractivity (Wildman–Crippen MR) is 122 cm³/mol. The van der Waals surface area contributed by atoms with Gasteiger partial charge in [-0.25, -0.2) is 4.79 Å². The van der Waals surface area contributed by atoms with Crippen molar-refractivity contribution in [3.8, 4) is 11.4 Å². The number of hydrogen-bond donors (Lipinski definition) is 1. The number of ether oxygens (including phenoxy) is 1. The van der Waals surface area contributed by atoms with E-state index in [-0.39, 0.29) is 0 Å². The van der Waals surface area contributed by atoms with Gasteiger partial charge in [-0.1, -0.05) is 48.0 Å². The molecule has 6 nitrogen and oxygen atoms in total. The zero-order valence-corrected chi connectivity index (χ0v) is 17.4.